The summed E-state index contributed by atoms with van der Waals surface area (Å²) < 4.78 is 51.8. The summed E-state index contributed by atoms with van der Waals surface area (Å²) in [6.45, 7) is 0. The molecule has 104 valence electrons. The first-order chi connectivity index (χ1) is 8.91. The molecule has 0 saturated heterocycles. The molecular formula is C14H15F4N. The van der Waals surface area contributed by atoms with Crippen molar-refractivity contribution < 1.29 is 17.6 Å². The Balaban J connectivity index is 3.02. The monoisotopic (exact) mass is 273 g/mol. The Labute approximate surface area is 110 Å². The van der Waals surface area contributed by atoms with Crippen molar-refractivity contribution >= 4 is 0 Å². The van der Waals surface area contributed by atoms with Crippen molar-refractivity contribution in [1.82, 2.24) is 5.32 Å². The van der Waals surface area contributed by atoms with Crippen LogP contribution in [0.15, 0.2) is 18.2 Å². The SMILES string of the molecule is C#CCCCC(NC)c1cccc(C(F)(F)F)c1F. The van der Waals surface area contributed by atoms with Gasteiger partial charge in [0.15, 0.2) is 0 Å². The Morgan fingerprint density at radius 1 is 1.37 bits per heavy atom. The van der Waals surface area contributed by atoms with Crippen molar-refractivity contribution in [3.05, 3.63) is 35.1 Å². The standard InChI is InChI=1S/C14H15F4N/c1-3-4-5-9-12(19-2)10-7-6-8-11(13(10)15)14(16,17)18/h1,6-8,12,19H,4-5,9H2,2H3. The average molecular weight is 273 g/mol. The van der Waals surface area contributed by atoms with Gasteiger partial charge < -0.3 is 5.32 Å². The number of hydrogen-bond donors (Lipinski definition) is 1. The Hall–Kier alpha value is -1.54. The number of terminal acetylenes is 1. The van der Waals surface area contributed by atoms with E-state index >= 15 is 0 Å². The second-order valence-corrected chi connectivity index (χ2v) is 4.14. The van der Waals surface area contributed by atoms with E-state index in [-0.39, 0.29) is 5.56 Å². The molecule has 1 atom stereocenters. The van der Waals surface area contributed by atoms with Gasteiger partial charge in [0, 0.05) is 18.0 Å². The molecule has 0 amide bonds. The van der Waals surface area contributed by atoms with Gasteiger partial charge in [-0.3, -0.25) is 0 Å². The van der Waals surface area contributed by atoms with Gasteiger partial charge in [-0.25, -0.2) is 4.39 Å². The van der Waals surface area contributed by atoms with Crippen LogP contribution in [-0.4, -0.2) is 7.05 Å². The van der Waals surface area contributed by atoms with E-state index in [9.17, 15) is 17.6 Å². The number of hydrogen-bond acceptors (Lipinski definition) is 1. The molecule has 0 spiro atoms. The van der Waals surface area contributed by atoms with Crippen LogP contribution in [0.1, 0.15) is 36.4 Å². The maximum Gasteiger partial charge on any atom is 0.419 e. The van der Waals surface area contributed by atoms with Gasteiger partial charge in [-0.05, 0) is 26.0 Å². The van der Waals surface area contributed by atoms with Crippen molar-refractivity contribution in [3.63, 3.8) is 0 Å². The first kappa shape index (κ1) is 15.5. The third-order valence-electron chi connectivity index (χ3n) is 2.87. The number of rotatable bonds is 5. The zero-order valence-corrected chi connectivity index (χ0v) is 10.5. The molecule has 1 N–H and O–H groups in total. The second-order valence-electron chi connectivity index (χ2n) is 4.14. The lowest BCUT2D eigenvalue weighted by Crippen LogP contribution is -2.20. The van der Waals surface area contributed by atoms with E-state index in [2.05, 4.69) is 11.2 Å². The van der Waals surface area contributed by atoms with Gasteiger partial charge in [0.2, 0.25) is 0 Å². The highest BCUT2D eigenvalue weighted by atomic mass is 19.4. The molecule has 1 unspecified atom stereocenters. The van der Waals surface area contributed by atoms with Crippen LogP contribution in [0.2, 0.25) is 0 Å². The molecule has 0 aliphatic heterocycles. The molecule has 5 heteroatoms. The lowest BCUT2D eigenvalue weighted by Gasteiger charge is -2.19. The Morgan fingerprint density at radius 3 is 2.58 bits per heavy atom. The van der Waals surface area contributed by atoms with Crippen LogP contribution in [0.5, 0.6) is 0 Å². The number of alkyl halides is 3. The van der Waals surface area contributed by atoms with E-state index in [0.29, 0.717) is 19.3 Å². The predicted octanol–water partition coefficient (Wildman–Crippen LogP) is 3.91. The zero-order valence-electron chi connectivity index (χ0n) is 10.5. The molecule has 0 aliphatic carbocycles. The fraction of sp³-hybridized carbons (Fsp3) is 0.429. The molecular weight excluding hydrogens is 258 g/mol. The molecule has 0 fully saturated rings. The predicted molar refractivity (Wildman–Crippen MR) is 65.9 cm³/mol. The van der Waals surface area contributed by atoms with Crippen LogP contribution in [0.3, 0.4) is 0 Å². The van der Waals surface area contributed by atoms with Crippen molar-refractivity contribution in [2.45, 2.75) is 31.5 Å². The van der Waals surface area contributed by atoms with Crippen molar-refractivity contribution in [2.24, 2.45) is 0 Å². The average Bonchev–Trinajstić information content (AvgIpc) is 2.34. The zero-order chi connectivity index (χ0) is 14.5. The van der Waals surface area contributed by atoms with Crippen molar-refractivity contribution in [2.75, 3.05) is 7.05 Å². The van der Waals surface area contributed by atoms with E-state index in [0.717, 1.165) is 6.07 Å². The highest BCUT2D eigenvalue weighted by Gasteiger charge is 2.35. The van der Waals surface area contributed by atoms with Gasteiger partial charge in [0.25, 0.3) is 0 Å². The maximum atomic E-state index is 13.9. The van der Waals surface area contributed by atoms with Crippen LogP contribution < -0.4 is 5.32 Å². The van der Waals surface area contributed by atoms with E-state index in [1.807, 2.05) is 0 Å². The highest BCUT2D eigenvalue weighted by molar-refractivity contribution is 5.30. The molecule has 0 bridgehead atoms. The number of nitrogens with one attached hydrogen (secondary N) is 1. The smallest absolute Gasteiger partial charge is 0.313 e. The molecule has 1 aromatic rings. The highest BCUT2D eigenvalue weighted by Crippen LogP contribution is 2.34. The van der Waals surface area contributed by atoms with E-state index in [1.165, 1.54) is 12.1 Å². The Bertz CT molecular complexity index is 459. The summed E-state index contributed by atoms with van der Waals surface area (Å²) >= 11 is 0. The minimum absolute atomic E-state index is 0.0225. The van der Waals surface area contributed by atoms with Gasteiger partial charge in [0.05, 0.1) is 5.56 Å². The Morgan fingerprint density at radius 2 is 2.05 bits per heavy atom. The van der Waals surface area contributed by atoms with Gasteiger partial charge in [0.1, 0.15) is 5.82 Å². The fourth-order valence-electron chi connectivity index (χ4n) is 1.90. The maximum absolute atomic E-state index is 13.9. The van der Waals surface area contributed by atoms with E-state index < -0.39 is 23.6 Å². The van der Waals surface area contributed by atoms with Gasteiger partial charge in [-0.1, -0.05) is 12.1 Å². The molecule has 0 aromatic heterocycles. The number of unbranched alkanes of at least 4 members (excludes halogenated alkanes) is 1. The summed E-state index contributed by atoms with van der Waals surface area (Å²) in [5, 5.41) is 2.82. The van der Waals surface area contributed by atoms with Gasteiger partial charge in [-0.2, -0.15) is 13.2 Å². The quantitative estimate of drug-likeness (QED) is 0.487. The molecule has 0 aliphatic rings. The fourth-order valence-corrected chi connectivity index (χ4v) is 1.90. The third-order valence-corrected chi connectivity index (χ3v) is 2.87. The minimum atomic E-state index is -4.68. The molecule has 0 radical (unpaired) electrons. The largest absolute Gasteiger partial charge is 0.419 e. The molecule has 1 rings (SSSR count). The van der Waals surface area contributed by atoms with Gasteiger partial charge in [-0.15, -0.1) is 12.3 Å². The third kappa shape index (κ3) is 3.97. The van der Waals surface area contributed by atoms with Crippen molar-refractivity contribution in [1.29, 1.82) is 0 Å². The summed E-state index contributed by atoms with van der Waals surface area (Å²) in [7, 11) is 1.58. The first-order valence-electron chi connectivity index (χ1n) is 5.88. The lowest BCUT2D eigenvalue weighted by molar-refractivity contribution is -0.140. The van der Waals surface area contributed by atoms with Crippen LogP contribution in [0.25, 0.3) is 0 Å². The van der Waals surface area contributed by atoms with E-state index in [1.54, 1.807) is 7.05 Å². The number of halogens is 4. The van der Waals surface area contributed by atoms with E-state index in [4.69, 9.17) is 6.42 Å². The van der Waals surface area contributed by atoms with Crippen LogP contribution in [0, 0.1) is 18.2 Å². The number of benzene rings is 1. The minimum Gasteiger partial charge on any atom is -0.313 e. The summed E-state index contributed by atoms with van der Waals surface area (Å²) in [5.74, 6) is 1.23. The summed E-state index contributed by atoms with van der Waals surface area (Å²) in [6.07, 6.45) is 2.05. The topological polar surface area (TPSA) is 12.0 Å². The molecule has 0 heterocycles. The molecule has 1 nitrogen and oxygen atoms in total. The molecule has 19 heavy (non-hydrogen) atoms. The summed E-state index contributed by atoms with van der Waals surface area (Å²) in [6, 6.07) is 2.84. The summed E-state index contributed by atoms with van der Waals surface area (Å²) in [5.41, 5.74) is -1.21. The lowest BCUT2D eigenvalue weighted by atomic mass is 9.98. The van der Waals surface area contributed by atoms with Crippen molar-refractivity contribution in [3.8, 4) is 12.3 Å². The molecule has 0 saturated carbocycles. The van der Waals surface area contributed by atoms with Gasteiger partial charge >= 0.3 is 6.18 Å². The van der Waals surface area contributed by atoms with Crippen LogP contribution in [0.4, 0.5) is 17.6 Å². The normalized spacial score (nSPS) is 13.1. The Kier molecular flexibility index (Phi) is 5.37. The second kappa shape index (κ2) is 6.58. The first-order valence-corrected chi connectivity index (χ1v) is 5.88. The molecule has 1 aromatic carbocycles. The van der Waals surface area contributed by atoms with Crippen LogP contribution in [-0.2, 0) is 6.18 Å². The van der Waals surface area contributed by atoms with Crippen LogP contribution >= 0.6 is 0 Å². The summed E-state index contributed by atoms with van der Waals surface area (Å²) in [4.78, 5) is 0.